The first-order valence-corrected chi connectivity index (χ1v) is 26.9. The van der Waals surface area contributed by atoms with Gasteiger partial charge >= 0.3 is 0 Å². The van der Waals surface area contributed by atoms with E-state index in [4.69, 9.17) is 0 Å². The Morgan fingerprint density at radius 1 is 0.500 bits per heavy atom. The standard InChI is InChI=1S/C71H65BN2/c1-9-11-29-55(10-2)73-64-39-38-54(71(6,7)8)46-62(64)72-61-36-22-23-37-63(61)74(56-30-16-13-17-31-56)66-45-51(44-65(73)69(66)72)50-40-49(48-27-24-28-53(43-48)70(3,4)5)41-52(42-50)68-59-34-20-18-32-57(59)67(47-25-14-12-15-26-47)58-33-19-21-35-60(58)68/h9,11-12,14-16,18-46H,10,13,17H2,1-8H3/b11-9-,55-29+. The third-order valence-electron chi connectivity index (χ3n) is 15.8. The van der Waals surface area contributed by atoms with Crippen molar-refractivity contribution in [3.05, 3.63) is 235 Å². The van der Waals surface area contributed by atoms with Crippen LogP contribution in [0.2, 0.25) is 0 Å². The third-order valence-corrected chi connectivity index (χ3v) is 15.8. The first kappa shape index (κ1) is 47.1. The first-order chi connectivity index (χ1) is 35.9. The molecule has 0 bridgehead atoms. The molecule has 2 aliphatic heterocycles. The van der Waals surface area contributed by atoms with Crippen molar-refractivity contribution in [2.75, 3.05) is 9.80 Å². The normalized spacial score (nSPS) is 14.4. The minimum absolute atomic E-state index is 0.0132. The fraction of sp³-hybridized carbons (Fsp3) is 0.183. The van der Waals surface area contributed by atoms with Gasteiger partial charge in [-0.1, -0.05) is 206 Å². The Morgan fingerprint density at radius 2 is 1.08 bits per heavy atom. The largest absolute Gasteiger partial charge is 0.315 e. The van der Waals surface area contributed by atoms with Crippen molar-refractivity contribution in [3.8, 4) is 44.5 Å². The summed E-state index contributed by atoms with van der Waals surface area (Å²) in [4.78, 5) is 5.20. The van der Waals surface area contributed by atoms with Gasteiger partial charge in [0.05, 0.1) is 0 Å². The predicted octanol–water partition coefficient (Wildman–Crippen LogP) is 17.8. The average molecular weight is 957 g/mol. The highest BCUT2D eigenvalue weighted by Gasteiger charge is 2.44. The topological polar surface area (TPSA) is 6.48 Å². The molecule has 0 radical (unpaired) electrons. The maximum Gasteiger partial charge on any atom is 0.252 e. The molecule has 3 heteroatoms. The smallest absolute Gasteiger partial charge is 0.252 e. The van der Waals surface area contributed by atoms with Crippen LogP contribution < -0.4 is 26.2 Å². The molecule has 0 saturated carbocycles. The lowest BCUT2D eigenvalue weighted by molar-refractivity contribution is 0.590. The van der Waals surface area contributed by atoms with Crippen LogP contribution >= 0.6 is 0 Å². The fourth-order valence-electron chi connectivity index (χ4n) is 12.1. The number of allylic oxidation sites excluding steroid dienone is 7. The van der Waals surface area contributed by atoms with Crippen molar-refractivity contribution in [1.82, 2.24) is 0 Å². The van der Waals surface area contributed by atoms with Gasteiger partial charge in [0, 0.05) is 34.1 Å². The Hall–Kier alpha value is -7.88. The van der Waals surface area contributed by atoms with Crippen LogP contribution in [-0.4, -0.2) is 6.71 Å². The number of para-hydroxylation sites is 1. The van der Waals surface area contributed by atoms with Crippen LogP contribution in [0.1, 0.15) is 85.8 Å². The summed E-state index contributed by atoms with van der Waals surface area (Å²) in [6.07, 6.45) is 16.8. The van der Waals surface area contributed by atoms with Crippen LogP contribution in [0.3, 0.4) is 0 Å². The Morgan fingerprint density at radius 3 is 1.73 bits per heavy atom. The van der Waals surface area contributed by atoms with Crippen molar-refractivity contribution in [2.24, 2.45) is 0 Å². The van der Waals surface area contributed by atoms with E-state index in [1.807, 2.05) is 0 Å². The van der Waals surface area contributed by atoms with Crippen LogP contribution in [0, 0.1) is 0 Å². The van der Waals surface area contributed by atoms with E-state index in [-0.39, 0.29) is 17.5 Å². The highest BCUT2D eigenvalue weighted by atomic mass is 15.2. The fourth-order valence-corrected chi connectivity index (χ4v) is 12.1. The Bertz CT molecular complexity index is 3760. The third kappa shape index (κ3) is 8.05. The van der Waals surface area contributed by atoms with Crippen molar-refractivity contribution in [3.63, 3.8) is 0 Å². The minimum Gasteiger partial charge on any atom is -0.315 e. The van der Waals surface area contributed by atoms with E-state index in [9.17, 15) is 0 Å². The lowest BCUT2D eigenvalue weighted by Crippen LogP contribution is -2.62. The number of fused-ring (bicyclic) bond motifs is 6. The monoisotopic (exact) mass is 957 g/mol. The highest BCUT2D eigenvalue weighted by Crippen LogP contribution is 2.48. The Balaban J connectivity index is 1.20. The summed E-state index contributed by atoms with van der Waals surface area (Å²) >= 11 is 0. The minimum atomic E-state index is -0.0211. The summed E-state index contributed by atoms with van der Waals surface area (Å²) in [5.41, 5.74) is 23.9. The number of hydrogen-bond donors (Lipinski definition) is 0. The SMILES string of the molecule is C/C=C\C=C(/CC)N1c2ccc(C(C)(C)C)cc2B2c3ccccc3N(C3=CCCC=C3)c3cc(-c4cc(-c5cccc(C(C)(C)C)c5)cc(-c5c6ccccc6c(-c6ccccc6)c6ccccc56)c4)cc1c32. The number of rotatable bonds is 8. The second-order valence-electron chi connectivity index (χ2n) is 22.6. The zero-order chi connectivity index (χ0) is 50.9. The maximum absolute atomic E-state index is 2.61. The molecule has 362 valence electrons. The van der Waals surface area contributed by atoms with Crippen LogP contribution in [-0.2, 0) is 10.8 Å². The second kappa shape index (κ2) is 18.6. The van der Waals surface area contributed by atoms with Crippen LogP contribution in [0.5, 0.6) is 0 Å². The summed E-state index contributed by atoms with van der Waals surface area (Å²) in [7, 11) is 0. The highest BCUT2D eigenvalue weighted by molar-refractivity contribution is 7.00. The number of anilines is 4. The van der Waals surface area contributed by atoms with Crippen LogP contribution in [0.4, 0.5) is 22.7 Å². The van der Waals surface area contributed by atoms with Gasteiger partial charge in [0.15, 0.2) is 0 Å². The van der Waals surface area contributed by atoms with Gasteiger partial charge in [-0.15, -0.1) is 0 Å². The summed E-state index contributed by atoms with van der Waals surface area (Å²) < 4.78 is 0. The molecule has 0 spiro atoms. The van der Waals surface area contributed by atoms with Crippen molar-refractivity contribution in [1.29, 1.82) is 0 Å². The van der Waals surface area contributed by atoms with Gasteiger partial charge in [0.2, 0.25) is 0 Å². The van der Waals surface area contributed by atoms with Gasteiger partial charge in [0.1, 0.15) is 0 Å². The zero-order valence-corrected chi connectivity index (χ0v) is 44.3. The lowest BCUT2D eigenvalue weighted by Gasteiger charge is -2.45. The van der Waals surface area contributed by atoms with Gasteiger partial charge in [-0.25, -0.2) is 0 Å². The summed E-state index contributed by atoms with van der Waals surface area (Å²) in [6, 6.07) is 67.4. The molecule has 0 fully saturated rings. The number of nitrogens with zero attached hydrogens (tertiary/aromatic N) is 2. The molecule has 0 N–H and O–H groups in total. The first-order valence-electron chi connectivity index (χ1n) is 26.9. The Labute approximate surface area is 439 Å². The molecular weight excluding hydrogens is 892 g/mol. The van der Waals surface area contributed by atoms with Crippen molar-refractivity contribution >= 4 is 67.4 Å². The van der Waals surface area contributed by atoms with Crippen LogP contribution in [0.25, 0.3) is 66.1 Å². The summed E-state index contributed by atoms with van der Waals surface area (Å²) in [5, 5.41) is 5.01. The van der Waals surface area contributed by atoms with Gasteiger partial charge < -0.3 is 9.80 Å². The predicted molar refractivity (Wildman–Crippen MR) is 322 cm³/mol. The molecule has 0 amide bonds. The van der Waals surface area contributed by atoms with E-state index >= 15 is 0 Å². The van der Waals surface area contributed by atoms with E-state index in [1.165, 1.54) is 128 Å². The van der Waals surface area contributed by atoms with Gasteiger partial charge in [-0.3, -0.25) is 0 Å². The molecule has 0 aromatic heterocycles. The molecule has 9 aromatic rings. The molecule has 12 rings (SSSR count). The lowest BCUT2D eigenvalue weighted by atomic mass is 9.33. The van der Waals surface area contributed by atoms with Crippen molar-refractivity contribution in [2.45, 2.75) is 85.5 Å². The van der Waals surface area contributed by atoms with Crippen molar-refractivity contribution < 1.29 is 0 Å². The molecule has 74 heavy (non-hydrogen) atoms. The number of hydrogen-bond acceptors (Lipinski definition) is 2. The summed E-state index contributed by atoms with van der Waals surface area (Å²) in [6.45, 7) is 18.4. The van der Waals surface area contributed by atoms with Gasteiger partial charge in [-0.05, 0) is 185 Å². The number of benzene rings is 9. The van der Waals surface area contributed by atoms with E-state index in [0.29, 0.717) is 0 Å². The van der Waals surface area contributed by atoms with E-state index < -0.39 is 0 Å². The molecular formula is C71H65BN2. The molecule has 9 aromatic carbocycles. The molecule has 0 saturated heterocycles. The molecule has 0 atom stereocenters. The van der Waals surface area contributed by atoms with Crippen LogP contribution in [0.15, 0.2) is 224 Å². The van der Waals surface area contributed by atoms with E-state index in [0.717, 1.165) is 19.3 Å². The van der Waals surface area contributed by atoms with E-state index in [1.54, 1.807) is 0 Å². The quantitative estimate of drug-likeness (QED) is 0.0851. The second-order valence-corrected chi connectivity index (χ2v) is 22.6. The van der Waals surface area contributed by atoms with E-state index in [2.05, 4.69) is 278 Å². The molecule has 1 aliphatic carbocycles. The zero-order valence-electron chi connectivity index (χ0n) is 44.3. The Kier molecular flexibility index (Phi) is 11.8. The van der Waals surface area contributed by atoms with Gasteiger partial charge in [0.25, 0.3) is 6.71 Å². The average Bonchev–Trinajstić information content (AvgIpc) is 3.43. The molecule has 2 nitrogen and oxygen atoms in total. The maximum atomic E-state index is 2.61. The molecule has 0 unspecified atom stereocenters. The van der Waals surface area contributed by atoms with Gasteiger partial charge in [-0.2, -0.15) is 0 Å². The summed E-state index contributed by atoms with van der Waals surface area (Å²) in [5.74, 6) is 0. The molecule has 3 aliphatic rings. The molecule has 2 heterocycles.